The van der Waals surface area contributed by atoms with Gasteiger partial charge in [-0.2, -0.15) is 13.2 Å². The van der Waals surface area contributed by atoms with Crippen LogP contribution >= 0.6 is 0 Å². The number of carboxylic acids is 1. The molecule has 140 valence electrons. The second-order valence-corrected chi connectivity index (χ2v) is 5.66. The van der Waals surface area contributed by atoms with Gasteiger partial charge in [0.15, 0.2) is 0 Å². The molecule has 0 bridgehead atoms. The average molecular weight is 373 g/mol. The van der Waals surface area contributed by atoms with Crippen molar-refractivity contribution in [2.75, 3.05) is 7.05 Å². The Hall–Kier alpha value is -2.84. The molecule has 0 aliphatic carbocycles. The third kappa shape index (κ3) is 4.22. The summed E-state index contributed by atoms with van der Waals surface area (Å²) in [6.45, 7) is 1.25. The van der Waals surface area contributed by atoms with E-state index < -0.39 is 29.8 Å². The number of carbonyl (C=O) groups excluding carboxylic acids is 1. The van der Waals surface area contributed by atoms with Crippen molar-refractivity contribution >= 4 is 11.9 Å². The normalized spacial score (nSPS) is 12.7. The summed E-state index contributed by atoms with van der Waals surface area (Å²) in [6, 6.07) is 4.43. The third-order valence-electron chi connectivity index (χ3n) is 3.72. The molecule has 1 atom stereocenters. The van der Waals surface area contributed by atoms with Gasteiger partial charge in [-0.25, -0.2) is 9.18 Å². The molecule has 1 N–H and O–H groups in total. The molecule has 0 aliphatic heterocycles. The Morgan fingerprint density at radius 3 is 2.27 bits per heavy atom. The third-order valence-corrected chi connectivity index (χ3v) is 3.72. The molecule has 5 nitrogen and oxygen atoms in total. The number of alkyl halides is 4. The number of furan rings is 1. The second-order valence-electron chi connectivity index (χ2n) is 5.66. The first-order chi connectivity index (χ1) is 12.0. The van der Waals surface area contributed by atoms with Crippen LogP contribution in [-0.4, -0.2) is 28.9 Å². The minimum Gasteiger partial charge on any atom is -0.478 e. The Bertz CT molecular complexity index is 811. The molecule has 1 amide bonds. The number of halogens is 4. The summed E-state index contributed by atoms with van der Waals surface area (Å²) in [5.74, 6) is -1.89. The molecule has 0 saturated carbocycles. The number of aromatic carboxylic acids is 1. The molecule has 1 heterocycles. The van der Waals surface area contributed by atoms with Gasteiger partial charge in [0.05, 0.1) is 12.1 Å². The second kappa shape index (κ2) is 7.19. The van der Waals surface area contributed by atoms with Crippen LogP contribution in [-0.2, 0) is 17.5 Å². The highest BCUT2D eigenvalue weighted by Crippen LogP contribution is 2.31. The van der Waals surface area contributed by atoms with Gasteiger partial charge in [0.2, 0.25) is 6.17 Å². The SMILES string of the molecule is Cc1oc(CN(C)C(=O)C(F)c2ccc(C(F)(F)F)cc2)cc1C(=O)O. The van der Waals surface area contributed by atoms with Crippen LogP contribution in [0.1, 0.15) is 39.2 Å². The van der Waals surface area contributed by atoms with E-state index in [0.29, 0.717) is 12.1 Å². The number of nitrogens with zero attached hydrogens (tertiary/aromatic N) is 1. The topological polar surface area (TPSA) is 70.8 Å². The van der Waals surface area contributed by atoms with Crippen molar-refractivity contribution in [2.45, 2.75) is 25.8 Å². The van der Waals surface area contributed by atoms with E-state index in [2.05, 4.69) is 0 Å². The molecule has 0 radical (unpaired) electrons. The smallest absolute Gasteiger partial charge is 0.416 e. The fraction of sp³-hybridized carbons (Fsp3) is 0.294. The number of aryl methyl sites for hydroxylation is 1. The summed E-state index contributed by atoms with van der Waals surface area (Å²) in [4.78, 5) is 24.1. The van der Waals surface area contributed by atoms with Gasteiger partial charge in [0.1, 0.15) is 17.1 Å². The molecule has 2 rings (SSSR count). The first kappa shape index (κ1) is 19.5. The van der Waals surface area contributed by atoms with Crippen molar-refractivity contribution in [2.24, 2.45) is 0 Å². The number of likely N-dealkylation sites (N-methyl/N-ethyl adjacent to an activating group) is 1. The Morgan fingerprint density at radius 2 is 1.81 bits per heavy atom. The van der Waals surface area contributed by atoms with Crippen molar-refractivity contribution in [3.8, 4) is 0 Å². The van der Waals surface area contributed by atoms with Crippen molar-refractivity contribution in [3.05, 3.63) is 58.5 Å². The van der Waals surface area contributed by atoms with Gasteiger partial charge in [-0.1, -0.05) is 12.1 Å². The molecule has 26 heavy (non-hydrogen) atoms. The van der Waals surface area contributed by atoms with Gasteiger partial charge >= 0.3 is 12.1 Å². The number of hydrogen-bond acceptors (Lipinski definition) is 3. The molecule has 1 aromatic carbocycles. The quantitative estimate of drug-likeness (QED) is 0.805. The summed E-state index contributed by atoms with van der Waals surface area (Å²) in [5, 5.41) is 8.96. The maximum atomic E-state index is 14.3. The van der Waals surface area contributed by atoms with Gasteiger partial charge in [-0.3, -0.25) is 4.79 Å². The Balaban J connectivity index is 2.09. The standard InChI is InChI=1S/C17H15F4NO4/c1-9-13(16(24)25)7-12(26-9)8-22(2)15(23)14(18)10-3-5-11(6-4-10)17(19,20)21/h3-7,14H,8H2,1-2H3,(H,24,25). The molecule has 1 unspecified atom stereocenters. The van der Waals surface area contributed by atoms with E-state index in [1.807, 2.05) is 0 Å². The molecule has 0 saturated heterocycles. The summed E-state index contributed by atoms with van der Waals surface area (Å²) in [6.07, 6.45) is -6.71. The zero-order valence-electron chi connectivity index (χ0n) is 13.8. The Kier molecular flexibility index (Phi) is 5.38. The lowest BCUT2D eigenvalue weighted by molar-refractivity contribution is -0.137. The van der Waals surface area contributed by atoms with Crippen LogP contribution < -0.4 is 0 Å². The van der Waals surface area contributed by atoms with Crippen molar-refractivity contribution in [1.82, 2.24) is 4.90 Å². The molecule has 0 fully saturated rings. The molecule has 0 spiro atoms. The number of carboxylic acid groups (broad SMARTS) is 1. The van der Waals surface area contributed by atoms with Crippen LogP contribution in [0.15, 0.2) is 34.7 Å². The van der Waals surface area contributed by atoms with E-state index >= 15 is 0 Å². The lowest BCUT2D eigenvalue weighted by atomic mass is 10.1. The minimum atomic E-state index is -4.55. The monoisotopic (exact) mass is 373 g/mol. The molecule has 0 aliphatic rings. The van der Waals surface area contributed by atoms with Crippen molar-refractivity contribution < 1.29 is 36.7 Å². The van der Waals surface area contributed by atoms with Crippen LogP contribution in [0.3, 0.4) is 0 Å². The van der Waals surface area contributed by atoms with Crippen LogP contribution in [0.5, 0.6) is 0 Å². The summed E-state index contributed by atoms with van der Waals surface area (Å²) in [7, 11) is 1.28. The zero-order valence-corrected chi connectivity index (χ0v) is 13.8. The van der Waals surface area contributed by atoms with E-state index in [0.717, 1.165) is 17.0 Å². The van der Waals surface area contributed by atoms with E-state index in [4.69, 9.17) is 9.52 Å². The van der Waals surface area contributed by atoms with Gasteiger partial charge in [-0.05, 0) is 30.7 Å². The highest BCUT2D eigenvalue weighted by atomic mass is 19.4. The molecule has 1 aromatic heterocycles. The fourth-order valence-electron chi connectivity index (χ4n) is 2.32. The van der Waals surface area contributed by atoms with Gasteiger partial charge in [-0.15, -0.1) is 0 Å². The highest BCUT2D eigenvalue weighted by molar-refractivity contribution is 5.88. The summed E-state index contributed by atoms with van der Waals surface area (Å²) in [5.41, 5.74) is -1.22. The van der Waals surface area contributed by atoms with E-state index in [9.17, 15) is 27.2 Å². The molecular formula is C17H15F4NO4. The average Bonchev–Trinajstić information content (AvgIpc) is 2.93. The maximum Gasteiger partial charge on any atom is 0.416 e. The predicted octanol–water partition coefficient (Wildman–Crippen LogP) is 3.97. The number of hydrogen-bond donors (Lipinski definition) is 1. The van der Waals surface area contributed by atoms with Crippen LogP contribution in [0, 0.1) is 6.92 Å². The Morgan fingerprint density at radius 1 is 1.23 bits per heavy atom. The maximum absolute atomic E-state index is 14.3. The largest absolute Gasteiger partial charge is 0.478 e. The van der Waals surface area contributed by atoms with Crippen LogP contribution in [0.25, 0.3) is 0 Å². The molecule has 2 aromatic rings. The van der Waals surface area contributed by atoms with Crippen molar-refractivity contribution in [1.29, 1.82) is 0 Å². The van der Waals surface area contributed by atoms with Crippen LogP contribution in [0.2, 0.25) is 0 Å². The fourth-order valence-corrected chi connectivity index (χ4v) is 2.32. The van der Waals surface area contributed by atoms with E-state index in [-0.39, 0.29) is 29.2 Å². The predicted molar refractivity (Wildman–Crippen MR) is 82.2 cm³/mol. The number of benzene rings is 1. The Labute approximate surface area is 145 Å². The number of rotatable bonds is 5. The lowest BCUT2D eigenvalue weighted by Gasteiger charge is -2.19. The molecule has 9 heteroatoms. The first-order valence-corrected chi connectivity index (χ1v) is 7.39. The number of amides is 1. The first-order valence-electron chi connectivity index (χ1n) is 7.39. The lowest BCUT2D eigenvalue weighted by Crippen LogP contribution is -2.29. The van der Waals surface area contributed by atoms with Crippen molar-refractivity contribution in [3.63, 3.8) is 0 Å². The highest BCUT2D eigenvalue weighted by Gasteiger charge is 2.31. The molecular weight excluding hydrogens is 358 g/mol. The summed E-state index contributed by atoms with van der Waals surface area (Å²) < 4.78 is 57.1. The summed E-state index contributed by atoms with van der Waals surface area (Å²) >= 11 is 0. The van der Waals surface area contributed by atoms with E-state index in [1.165, 1.54) is 20.0 Å². The minimum absolute atomic E-state index is 0.0691. The van der Waals surface area contributed by atoms with Gasteiger partial charge in [0, 0.05) is 7.05 Å². The van der Waals surface area contributed by atoms with Gasteiger partial charge < -0.3 is 14.4 Å². The zero-order chi connectivity index (χ0) is 19.6. The van der Waals surface area contributed by atoms with Crippen LogP contribution in [0.4, 0.5) is 17.6 Å². The van der Waals surface area contributed by atoms with E-state index in [1.54, 1.807) is 0 Å². The van der Waals surface area contributed by atoms with Gasteiger partial charge in [0.25, 0.3) is 5.91 Å². The number of carbonyl (C=O) groups is 2.